The molecule has 0 amide bonds. The van der Waals surface area contributed by atoms with Gasteiger partial charge in [0.05, 0.1) is 5.56 Å². The summed E-state index contributed by atoms with van der Waals surface area (Å²) in [5.41, 5.74) is 5.63. The number of rotatable bonds is 3. The number of hydrogen-bond donors (Lipinski definition) is 2. The number of carboxylic acid groups (broad SMARTS) is 1. The Kier molecular flexibility index (Phi) is 4.34. The van der Waals surface area contributed by atoms with Crippen molar-refractivity contribution >= 4 is 5.97 Å². The van der Waals surface area contributed by atoms with E-state index in [1.165, 1.54) is 6.07 Å². The van der Waals surface area contributed by atoms with Crippen LogP contribution >= 0.6 is 0 Å². The van der Waals surface area contributed by atoms with Crippen LogP contribution in [-0.2, 0) is 6.42 Å². The topological polar surface area (TPSA) is 80.6 Å². The summed E-state index contributed by atoms with van der Waals surface area (Å²) in [6.07, 6.45) is 0.540. The predicted octanol–water partition coefficient (Wildman–Crippen LogP) is 4.37. The number of phenols is 1. The van der Waals surface area contributed by atoms with Crippen LogP contribution in [0.25, 0.3) is 0 Å². The van der Waals surface area contributed by atoms with Gasteiger partial charge >= 0.3 is 5.97 Å². The van der Waals surface area contributed by atoms with Crippen LogP contribution < -0.4 is 5.11 Å². The average molecular weight is 373 g/mol. The third kappa shape index (κ3) is 3.01. The quantitative estimate of drug-likeness (QED) is 0.559. The van der Waals surface area contributed by atoms with E-state index in [2.05, 4.69) is 0 Å². The van der Waals surface area contributed by atoms with Gasteiger partial charge in [-0.15, -0.1) is 5.75 Å². The van der Waals surface area contributed by atoms with Gasteiger partial charge in [-0.3, -0.25) is 0 Å². The molecular weight excluding hydrogens is 352 g/mol. The highest BCUT2D eigenvalue weighted by Crippen LogP contribution is 2.44. The molecule has 0 bridgehead atoms. The first kappa shape index (κ1) is 18.1. The lowest BCUT2D eigenvalue weighted by atomic mass is 9.73. The van der Waals surface area contributed by atoms with Crippen LogP contribution in [0.1, 0.15) is 69.4 Å². The minimum Gasteiger partial charge on any atom is -0.872 e. The maximum Gasteiger partial charge on any atom is 0.336 e. The number of carbonyl (C=O) groups is 1. The van der Waals surface area contributed by atoms with Gasteiger partial charge in [0, 0.05) is 5.92 Å². The molecule has 142 valence electrons. The Balaban J connectivity index is 1.99. The van der Waals surface area contributed by atoms with Crippen LogP contribution in [-0.4, -0.2) is 16.2 Å². The lowest BCUT2D eigenvalue weighted by molar-refractivity contribution is -0.268. The molecule has 1 atom stereocenters. The van der Waals surface area contributed by atoms with Crippen molar-refractivity contribution in [3.63, 3.8) is 0 Å². The highest BCUT2D eigenvalue weighted by molar-refractivity contribution is 5.90. The summed E-state index contributed by atoms with van der Waals surface area (Å²) in [7, 11) is 0. The first-order chi connectivity index (χ1) is 13.3. The number of aromatic hydroxyl groups is 1. The normalized spacial score (nSPS) is 15.2. The van der Waals surface area contributed by atoms with Gasteiger partial charge in [0.1, 0.15) is 5.75 Å². The molecule has 4 heteroatoms. The van der Waals surface area contributed by atoms with Crippen molar-refractivity contribution in [2.45, 2.75) is 32.1 Å². The molecule has 1 aliphatic rings. The number of benzene rings is 3. The summed E-state index contributed by atoms with van der Waals surface area (Å²) in [5.74, 6) is -0.960. The fraction of sp³-hybridized carbons (Fsp3) is 0.208. The number of carboxylic acids is 1. The van der Waals surface area contributed by atoms with E-state index in [0.717, 1.165) is 27.8 Å². The molecule has 0 fully saturated rings. The van der Waals surface area contributed by atoms with E-state index in [4.69, 9.17) is 0 Å². The fourth-order valence-corrected chi connectivity index (χ4v) is 4.12. The summed E-state index contributed by atoms with van der Waals surface area (Å²) in [4.78, 5) is 12.1. The minimum atomic E-state index is -0.967. The molecule has 0 saturated carbocycles. The monoisotopic (exact) mass is 373 g/mol. The van der Waals surface area contributed by atoms with Gasteiger partial charge in [-0.05, 0) is 63.9 Å². The zero-order valence-corrected chi connectivity index (χ0v) is 15.8. The molecule has 28 heavy (non-hydrogen) atoms. The molecule has 0 spiro atoms. The molecular formula is C24H21O4-. The van der Waals surface area contributed by atoms with Gasteiger partial charge in [0.25, 0.3) is 0 Å². The van der Waals surface area contributed by atoms with Crippen LogP contribution in [0.15, 0.2) is 54.6 Å². The minimum absolute atomic E-state index is 0.0743. The molecule has 0 radical (unpaired) electrons. The smallest absolute Gasteiger partial charge is 0.336 e. The van der Waals surface area contributed by atoms with Crippen LogP contribution in [0.3, 0.4) is 0 Å². The van der Waals surface area contributed by atoms with Gasteiger partial charge in [0.15, 0.2) is 0 Å². The first-order valence-corrected chi connectivity index (χ1v) is 9.34. The maximum absolute atomic E-state index is 12.1. The number of fused-ring (bicyclic) bond motifs is 2. The van der Waals surface area contributed by atoms with Crippen LogP contribution in [0.2, 0.25) is 0 Å². The molecule has 2 N–H and O–H groups in total. The van der Waals surface area contributed by atoms with E-state index < -0.39 is 5.97 Å². The molecule has 4 rings (SSSR count). The van der Waals surface area contributed by atoms with E-state index in [0.29, 0.717) is 12.0 Å². The maximum atomic E-state index is 12.1. The highest BCUT2D eigenvalue weighted by Gasteiger charge is 2.30. The molecule has 3 aromatic carbocycles. The molecule has 3 aromatic rings. The van der Waals surface area contributed by atoms with E-state index >= 15 is 0 Å². The third-order valence-corrected chi connectivity index (χ3v) is 5.53. The van der Waals surface area contributed by atoms with Gasteiger partial charge in [-0.2, -0.15) is 0 Å². The molecule has 1 aliphatic carbocycles. The molecule has 0 aliphatic heterocycles. The second-order valence-corrected chi connectivity index (χ2v) is 7.66. The highest BCUT2D eigenvalue weighted by atomic mass is 16.4. The average Bonchev–Trinajstić information content (AvgIpc) is 2.65. The van der Waals surface area contributed by atoms with Gasteiger partial charge in [0.2, 0.25) is 0 Å². The second-order valence-electron chi connectivity index (χ2n) is 7.66. The summed E-state index contributed by atoms with van der Waals surface area (Å²) in [6, 6.07) is 15.7. The predicted molar refractivity (Wildman–Crippen MR) is 105 cm³/mol. The fourth-order valence-electron chi connectivity index (χ4n) is 4.12. The molecule has 4 nitrogen and oxygen atoms in total. The van der Waals surface area contributed by atoms with Crippen molar-refractivity contribution in [1.29, 1.82) is 0 Å². The second kappa shape index (κ2) is 6.71. The number of hydrogen-bond acceptors (Lipinski definition) is 3. The van der Waals surface area contributed by atoms with E-state index in [1.54, 1.807) is 30.3 Å². The Morgan fingerprint density at radius 3 is 2.29 bits per heavy atom. The molecule has 1 unspecified atom stereocenters. The summed E-state index contributed by atoms with van der Waals surface area (Å²) in [5, 5.41) is 31.7. The largest absolute Gasteiger partial charge is 0.872 e. The van der Waals surface area contributed by atoms with Crippen molar-refractivity contribution < 1.29 is 20.1 Å². The summed E-state index contributed by atoms with van der Waals surface area (Å²) >= 11 is 0. The lowest BCUT2D eigenvalue weighted by Gasteiger charge is -2.31. The van der Waals surface area contributed by atoms with Gasteiger partial charge < -0.3 is 15.3 Å². The van der Waals surface area contributed by atoms with Crippen molar-refractivity contribution in [2.24, 2.45) is 0 Å². The van der Waals surface area contributed by atoms with Gasteiger partial charge in [-0.1, -0.05) is 50.2 Å². The third-order valence-electron chi connectivity index (χ3n) is 5.53. The Bertz CT molecular complexity index is 1030. The van der Waals surface area contributed by atoms with Crippen molar-refractivity contribution in [3.05, 3.63) is 93.5 Å². The van der Waals surface area contributed by atoms with E-state index in [9.17, 15) is 20.1 Å². The van der Waals surface area contributed by atoms with Crippen molar-refractivity contribution in [3.8, 4) is 11.5 Å². The van der Waals surface area contributed by atoms with Crippen molar-refractivity contribution in [1.82, 2.24) is 0 Å². The van der Waals surface area contributed by atoms with Crippen LogP contribution in [0, 0.1) is 0 Å². The lowest BCUT2D eigenvalue weighted by Crippen LogP contribution is -2.18. The molecule has 0 aromatic heterocycles. The Labute approximate surface area is 163 Å². The van der Waals surface area contributed by atoms with Gasteiger partial charge in [-0.25, -0.2) is 4.79 Å². The van der Waals surface area contributed by atoms with Crippen molar-refractivity contribution in [2.75, 3.05) is 0 Å². The Morgan fingerprint density at radius 2 is 1.61 bits per heavy atom. The first-order valence-electron chi connectivity index (χ1n) is 9.34. The zero-order valence-electron chi connectivity index (χ0n) is 15.8. The molecule has 0 saturated heterocycles. The number of phenolic OH excluding ortho intramolecular Hbond substituents is 1. The Morgan fingerprint density at radius 1 is 0.964 bits per heavy atom. The van der Waals surface area contributed by atoms with E-state index in [-0.39, 0.29) is 28.9 Å². The standard InChI is InChI=1S/C24H22O4/c1-13(2)14-3-6-21(22(12-14)24(27)28)23-19-7-4-17(25)10-15(19)9-16-11-18(26)5-8-20(16)23/h3-8,10-13,23,25-26H,9H2,1-2H3,(H,27,28)/p-1. The SMILES string of the molecule is CC(C)c1ccc(C2c3ccc([O-])cc3Cc3cc(O)ccc32)c(C(=O)O)c1. The zero-order chi connectivity index (χ0) is 20.0. The Hall–Kier alpha value is -3.27. The summed E-state index contributed by atoms with van der Waals surface area (Å²) < 4.78 is 0. The van der Waals surface area contributed by atoms with E-state index in [1.807, 2.05) is 32.0 Å². The number of aromatic carboxylic acids is 1. The molecule has 0 heterocycles. The summed E-state index contributed by atoms with van der Waals surface area (Å²) in [6.45, 7) is 4.06. The van der Waals surface area contributed by atoms with Crippen LogP contribution in [0.5, 0.6) is 11.5 Å². The van der Waals surface area contributed by atoms with Crippen LogP contribution in [0.4, 0.5) is 0 Å².